The van der Waals surface area contributed by atoms with Crippen LogP contribution in [0.15, 0.2) is 24.3 Å². The van der Waals surface area contributed by atoms with E-state index in [0.29, 0.717) is 6.04 Å². The highest BCUT2D eigenvalue weighted by Gasteiger charge is 2.44. The van der Waals surface area contributed by atoms with Crippen molar-refractivity contribution in [1.29, 1.82) is 0 Å². The van der Waals surface area contributed by atoms with Crippen LogP contribution in [0.2, 0.25) is 0 Å². The van der Waals surface area contributed by atoms with E-state index < -0.39 is 5.97 Å². The van der Waals surface area contributed by atoms with Crippen LogP contribution in [0.1, 0.15) is 48.9 Å². The normalized spacial score (nSPS) is 26.3. The van der Waals surface area contributed by atoms with E-state index in [-0.39, 0.29) is 11.8 Å². The van der Waals surface area contributed by atoms with Gasteiger partial charge in [0.25, 0.3) is 0 Å². The van der Waals surface area contributed by atoms with Gasteiger partial charge in [0, 0.05) is 29.4 Å². The van der Waals surface area contributed by atoms with Crippen LogP contribution in [0.3, 0.4) is 0 Å². The van der Waals surface area contributed by atoms with E-state index in [1.54, 1.807) is 0 Å². The Balaban J connectivity index is 1.55. The van der Waals surface area contributed by atoms with E-state index in [2.05, 4.69) is 30.0 Å². The first-order chi connectivity index (χ1) is 12.6. The predicted molar refractivity (Wildman–Crippen MR) is 99.4 cm³/mol. The number of hydrogen-bond donors (Lipinski definition) is 1. The molecule has 3 atom stereocenters. The lowest BCUT2D eigenvalue weighted by atomic mass is 10.00. The predicted octanol–water partition coefficient (Wildman–Crippen LogP) is 3.42. The van der Waals surface area contributed by atoms with Gasteiger partial charge in [-0.15, -0.1) is 0 Å². The van der Waals surface area contributed by atoms with Gasteiger partial charge in [0.1, 0.15) is 0 Å². The zero-order valence-electron chi connectivity index (χ0n) is 15.0. The average Bonchev–Trinajstić information content (AvgIpc) is 3.31. The van der Waals surface area contributed by atoms with Gasteiger partial charge >= 0.3 is 5.97 Å². The second kappa shape index (κ2) is 5.79. The van der Waals surface area contributed by atoms with Crippen molar-refractivity contribution in [2.24, 2.45) is 5.92 Å². The van der Waals surface area contributed by atoms with Crippen LogP contribution in [0.5, 0.6) is 0 Å². The molecule has 1 saturated heterocycles. The summed E-state index contributed by atoms with van der Waals surface area (Å²) in [5.41, 5.74) is 5.76. The summed E-state index contributed by atoms with van der Waals surface area (Å²) < 4.78 is 0. The average molecular weight is 349 g/mol. The van der Waals surface area contributed by atoms with E-state index in [1.807, 2.05) is 6.07 Å². The van der Waals surface area contributed by atoms with Crippen LogP contribution in [0.4, 0.5) is 5.95 Å². The van der Waals surface area contributed by atoms with Gasteiger partial charge in [-0.25, -0.2) is 9.97 Å². The van der Waals surface area contributed by atoms with Crippen LogP contribution in [-0.4, -0.2) is 33.6 Å². The maximum atomic E-state index is 11.2. The summed E-state index contributed by atoms with van der Waals surface area (Å²) in [6, 6.07) is 8.86. The summed E-state index contributed by atoms with van der Waals surface area (Å²) >= 11 is 0. The number of nitrogens with zero attached hydrogens (tertiary/aromatic N) is 3. The number of aryl methyl sites for hydroxylation is 1. The molecule has 1 N–H and O–H groups in total. The fourth-order valence-electron chi connectivity index (χ4n) is 4.35. The first-order valence-corrected chi connectivity index (χ1v) is 9.61. The van der Waals surface area contributed by atoms with Crippen LogP contribution >= 0.6 is 0 Å². The molecule has 0 bridgehead atoms. The highest BCUT2D eigenvalue weighted by atomic mass is 16.4. The number of fused-ring (bicyclic) bond motifs is 1. The molecule has 26 heavy (non-hydrogen) atoms. The SMILES string of the molecule is C[C@H]1CCN1c1nc2c(c(-c3cccc([C@H]4C[C@@H]4C(=O)O)c3)n1)CCC2. The highest BCUT2D eigenvalue weighted by Crippen LogP contribution is 2.48. The number of carboxylic acid groups (broad SMARTS) is 1. The largest absolute Gasteiger partial charge is 0.481 e. The van der Waals surface area contributed by atoms with Crippen molar-refractivity contribution in [2.45, 2.75) is 51.0 Å². The topological polar surface area (TPSA) is 66.3 Å². The number of aliphatic carboxylic acids is 1. The van der Waals surface area contributed by atoms with Gasteiger partial charge in [-0.3, -0.25) is 4.79 Å². The van der Waals surface area contributed by atoms with E-state index >= 15 is 0 Å². The molecule has 134 valence electrons. The lowest BCUT2D eigenvalue weighted by molar-refractivity contribution is -0.138. The van der Waals surface area contributed by atoms with Gasteiger partial charge < -0.3 is 10.0 Å². The molecule has 5 nitrogen and oxygen atoms in total. The van der Waals surface area contributed by atoms with Gasteiger partial charge in [-0.05, 0) is 56.6 Å². The van der Waals surface area contributed by atoms with E-state index in [9.17, 15) is 9.90 Å². The van der Waals surface area contributed by atoms with Crippen molar-refractivity contribution in [3.63, 3.8) is 0 Å². The maximum Gasteiger partial charge on any atom is 0.307 e. The van der Waals surface area contributed by atoms with Crippen molar-refractivity contribution < 1.29 is 9.90 Å². The summed E-state index contributed by atoms with van der Waals surface area (Å²) in [6.07, 6.45) is 5.15. The standard InChI is InChI=1S/C21H23N3O2/c1-12-8-9-24(12)21-22-18-7-3-6-15(18)19(23-21)14-5-2-4-13(10-14)16-11-17(16)20(25)26/h2,4-5,10,12,16-17H,3,6-9,11H2,1H3,(H,25,26)/t12-,16+,17-/m0/s1. The molecule has 0 radical (unpaired) electrons. The van der Waals surface area contributed by atoms with Gasteiger partial charge in [-0.1, -0.05) is 18.2 Å². The lowest BCUT2D eigenvalue weighted by Crippen LogP contribution is -2.46. The smallest absolute Gasteiger partial charge is 0.307 e. The Labute approximate surface area is 153 Å². The zero-order chi connectivity index (χ0) is 17.8. The number of hydrogen-bond acceptors (Lipinski definition) is 4. The summed E-state index contributed by atoms with van der Waals surface area (Å²) in [6.45, 7) is 3.25. The van der Waals surface area contributed by atoms with Gasteiger partial charge in [-0.2, -0.15) is 0 Å². The molecule has 2 fully saturated rings. The number of carbonyl (C=O) groups is 1. The number of rotatable bonds is 4. The molecule has 1 aromatic heterocycles. The third kappa shape index (κ3) is 2.49. The maximum absolute atomic E-state index is 11.2. The summed E-state index contributed by atoms with van der Waals surface area (Å²) in [5.74, 6) is 0.105. The Hall–Kier alpha value is -2.43. The summed E-state index contributed by atoms with van der Waals surface area (Å²) in [7, 11) is 0. The Morgan fingerprint density at radius 2 is 2.15 bits per heavy atom. The van der Waals surface area contributed by atoms with Gasteiger partial charge in [0.2, 0.25) is 5.95 Å². The molecule has 1 aromatic carbocycles. The summed E-state index contributed by atoms with van der Waals surface area (Å²) in [4.78, 5) is 23.3. The number of aromatic nitrogens is 2. The molecule has 2 aliphatic carbocycles. The molecule has 5 heteroatoms. The van der Waals surface area contributed by atoms with Crippen molar-refractivity contribution in [3.8, 4) is 11.3 Å². The lowest BCUT2D eigenvalue weighted by Gasteiger charge is -2.39. The van der Waals surface area contributed by atoms with Crippen molar-refractivity contribution in [3.05, 3.63) is 41.1 Å². The molecule has 0 spiro atoms. The second-order valence-corrected chi connectivity index (χ2v) is 7.89. The Bertz CT molecular complexity index is 895. The van der Waals surface area contributed by atoms with E-state index in [4.69, 9.17) is 9.97 Å². The fourth-order valence-corrected chi connectivity index (χ4v) is 4.35. The molecule has 1 saturated carbocycles. The molecular formula is C21H23N3O2. The molecule has 0 unspecified atom stereocenters. The molecule has 5 rings (SSSR count). The molecular weight excluding hydrogens is 326 g/mol. The Morgan fingerprint density at radius 3 is 2.85 bits per heavy atom. The third-order valence-electron chi connectivity index (χ3n) is 6.19. The number of anilines is 1. The van der Waals surface area contributed by atoms with Crippen molar-refractivity contribution in [2.75, 3.05) is 11.4 Å². The Morgan fingerprint density at radius 1 is 1.27 bits per heavy atom. The quantitative estimate of drug-likeness (QED) is 0.916. The summed E-state index contributed by atoms with van der Waals surface area (Å²) in [5, 5.41) is 9.23. The van der Waals surface area contributed by atoms with Crippen LogP contribution < -0.4 is 4.90 Å². The third-order valence-corrected chi connectivity index (χ3v) is 6.19. The van der Waals surface area contributed by atoms with Crippen molar-refractivity contribution >= 4 is 11.9 Å². The molecule has 1 aliphatic heterocycles. The van der Waals surface area contributed by atoms with E-state index in [0.717, 1.165) is 55.0 Å². The minimum Gasteiger partial charge on any atom is -0.481 e. The Kier molecular flexibility index (Phi) is 3.52. The van der Waals surface area contributed by atoms with Crippen LogP contribution in [0.25, 0.3) is 11.3 Å². The monoisotopic (exact) mass is 349 g/mol. The minimum absolute atomic E-state index is 0.150. The van der Waals surface area contributed by atoms with E-state index in [1.165, 1.54) is 17.7 Å². The van der Waals surface area contributed by atoms with Gasteiger partial charge in [0.05, 0.1) is 11.6 Å². The first kappa shape index (κ1) is 15.8. The zero-order valence-corrected chi connectivity index (χ0v) is 15.0. The second-order valence-electron chi connectivity index (χ2n) is 7.89. The number of carboxylic acids is 1. The molecule has 2 heterocycles. The fraction of sp³-hybridized carbons (Fsp3) is 0.476. The van der Waals surface area contributed by atoms with Crippen LogP contribution in [0, 0.1) is 5.92 Å². The van der Waals surface area contributed by atoms with Crippen molar-refractivity contribution in [1.82, 2.24) is 9.97 Å². The molecule has 2 aromatic rings. The van der Waals surface area contributed by atoms with Crippen LogP contribution in [-0.2, 0) is 17.6 Å². The first-order valence-electron chi connectivity index (χ1n) is 9.61. The molecule has 3 aliphatic rings. The minimum atomic E-state index is -0.683. The van der Waals surface area contributed by atoms with Gasteiger partial charge in [0.15, 0.2) is 0 Å². The number of benzene rings is 1. The molecule has 0 amide bonds. The highest BCUT2D eigenvalue weighted by molar-refractivity contribution is 5.76.